The molecule has 33 heavy (non-hydrogen) atoms. The quantitative estimate of drug-likeness (QED) is 0.463. The summed E-state index contributed by atoms with van der Waals surface area (Å²) in [5.41, 5.74) is 3.53. The lowest BCUT2D eigenvalue weighted by Gasteiger charge is -2.07. The van der Waals surface area contributed by atoms with E-state index in [1.54, 1.807) is 41.5 Å². The number of hydrogen-bond donors (Lipinski definition) is 1. The van der Waals surface area contributed by atoms with E-state index in [0.29, 0.717) is 28.9 Å². The molecule has 0 bridgehead atoms. The number of carbonyl (C=O) groups excluding carboxylic acids is 1. The molecule has 168 valence electrons. The molecule has 1 aliphatic rings. The number of nitrogens with zero attached hydrogens (tertiary/aromatic N) is 5. The van der Waals surface area contributed by atoms with E-state index in [0.717, 1.165) is 24.1 Å². The molecule has 5 rings (SSSR count). The number of halogens is 1. The van der Waals surface area contributed by atoms with E-state index in [2.05, 4.69) is 32.5 Å². The number of anilines is 1. The highest BCUT2D eigenvalue weighted by Crippen LogP contribution is 2.47. The van der Waals surface area contributed by atoms with Crippen molar-refractivity contribution in [3.05, 3.63) is 77.5 Å². The Morgan fingerprint density at radius 1 is 1.18 bits per heavy atom. The smallest absolute Gasteiger partial charge is 0.231 e. The molecule has 1 saturated carbocycles. The average molecular weight is 446 g/mol. The van der Waals surface area contributed by atoms with Crippen LogP contribution in [0.3, 0.4) is 0 Å². The van der Waals surface area contributed by atoms with Gasteiger partial charge in [-0.05, 0) is 35.6 Å². The number of aromatic nitrogens is 5. The standard InChI is InChI=1S/C24H23FN6O2/c1-24(5-6-24)20-10-23(33-30-20)29-22(32)9-17-4-3-16(8-19(17)25)18-12-26-21(27-13-18)7-15-11-28-31(2)14-15/h3-4,8,10-14H,5-7,9H2,1-2H3,(H,29,32). The molecule has 1 aliphatic carbocycles. The molecular weight excluding hydrogens is 423 g/mol. The van der Waals surface area contributed by atoms with Crippen LogP contribution in [0.15, 0.2) is 53.6 Å². The van der Waals surface area contributed by atoms with Crippen molar-refractivity contribution < 1.29 is 13.7 Å². The third-order valence-electron chi connectivity index (χ3n) is 5.95. The Hall–Kier alpha value is -3.88. The van der Waals surface area contributed by atoms with Crippen LogP contribution >= 0.6 is 0 Å². The zero-order valence-corrected chi connectivity index (χ0v) is 18.4. The summed E-state index contributed by atoms with van der Waals surface area (Å²) in [5, 5.41) is 10.8. The summed E-state index contributed by atoms with van der Waals surface area (Å²) in [4.78, 5) is 21.1. The molecule has 1 amide bonds. The highest BCUT2D eigenvalue weighted by Gasteiger charge is 2.42. The van der Waals surface area contributed by atoms with Crippen molar-refractivity contribution in [2.24, 2.45) is 7.05 Å². The Morgan fingerprint density at radius 3 is 2.64 bits per heavy atom. The van der Waals surface area contributed by atoms with Gasteiger partial charge in [0.15, 0.2) is 0 Å². The lowest BCUT2D eigenvalue weighted by atomic mass is 10.0. The monoisotopic (exact) mass is 446 g/mol. The second-order valence-electron chi connectivity index (χ2n) is 8.76. The van der Waals surface area contributed by atoms with Crippen LogP contribution in [0, 0.1) is 5.82 Å². The maximum absolute atomic E-state index is 14.7. The Kier molecular flexibility index (Phi) is 5.24. The zero-order valence-electron chi connectivity index (χ0n) is 18.4. The maximum atomic E-state index is 14.7. The highest BCUT2D eigenvalue weighted by atomic mass is 19.1. The van der Waals surface area contributed by atoms with Gasteiger partial charge in [0, 0.05) is 49.1 Å². The second kappa shape index (κ2) is 8.23. The molecule has 1 aromatic carbocycles. The summed E-state index contributed by atoms with van der Waals surface area (Å²) >= 11 is 0. The lowest BCUT2D eigenvalue weighted by Crippen LogP contribution is -2.14. The number of carbonyl (C=O) groups is 1. The first-order chi connectivity index (χ1) is 15.9. The molecule has 0 unspecified atom stereocenters. The van der Waals surface area contributed by atoms with E-state index in [4.69, 9.17) is 4.52 Å². The zero-order chi connectivity index (χ0) is 23.0. The Morgan fingerprint density at radius 2 is 1.97 bits per heavy atom. The number of benzene rings is 1. The van der Waals surface area contributed by atoms with Crippen LogP contribution in [0.2, 0.25) is 0 Å². The van der Waals surface area contributed by atoms with E-state index in [1.165, 1.54) is 6.07 Å². The molecule has 8 nitrogen and oxygen atoms in total. The molecule has 1 N–H and O–H groups in total. The first-order valence-electron chi connectivity index (χ1n) is 10.7. The van der Waals surface area contributed by atoms with Crippen LogP contribution < -0.4 is 5.32 Å². The van der Waals surface area contributed by atoms with Crippen molar-refractivity contribution in [1.82, 2.24) is 24.9 Å². The van der Waals surface area contributed by atoms with E-state index in [-0.39, 0.29) is 23.6 Å². The summed E-state index contributed by atoms with van der Waals surface area (Å²) < 4.78 is 21.6. The van der Waals surface area contributed by atoms with Gasteiger partial charge in [0.05, 0.1) is 18.3 Å². The van der Waals surface area contributed by atoms with Gasteiger partial charge in [-0.25, -0.2) is 14.4 Å². The lowest BCUT2D eigenvalue weighted by molar-refractivity contribution is -0.115. The SMILES string of the molecule is Cn1cc(Cc2ncc(-c3ccc(CC(=O)Nc4cc(C5(C)CC5)no4)c(F)c3)cn2)cn1. The fraction of sp³-hybridized carbons (Fsp3) is 0.292. The average Bonchev–Trinajstić information content (AvgIpc) is 3.16. The highest BCUT2D eigenvalue weighted by molar-refractivity contribution is 5.91. The molecule has 1 fully saturated rings. The van der Waals surface area contributed by atoms with Crippen LogP contribution in [0.4, 0.5) is 10.3 Å². The van der Waals surface area contributed by atoms with Gasteiger partial charge in [0.25, 0.3) is 0 Å². The van der Waals surface area contributed by atoms with Gasteiger partial charge in [0.1, 0.15) is 11.6 Å². The van der Waals surface area contributed by atoms with Crippen LogP contribution in [-0.4, -0.2) is 30.8 Å². The number of aryl methyl sites for hydroxylation is 1. The fourth-order valence-electron chi connectivity index (χ4n) is 3.63. The Balaban J connectivity index is 1.22. The van der Waals surface area contributed by atoms with Crippen molar-refractivity contribution in [2.45, 2.75) is 38.0 Å². The van der Waals surface area contributed by atoms with Gasteiger partial charge >= 0.3 is 0 Å². The summed E-state index contributed by atoms with van der Waals surface area (Å²) in [6, 6.07) is 6.49. The summed E-state index contributed by atoms with van der Waals surface area (Å²) in [6.45, 7) is 2.10. The third-order valence-corrected chi connectivity index (χ3v) is 5.95. The second-order valence-corrected chi connectivity index (χ2v) is 8.76. The van der Waals surface area contributed by atoms with Crippen LogP contribution in [0.5, 0.6) is 0 Å². The van der Waals surface area contributed by atoms with Crippen LogP contribution in [0.1, 0.15) is 42.4 Å². The molecule has 0 atom stereocenters. The molecule has 4 aromatic rings. The van der Waals surface area contributed by atoms with E-state index >= 15 is 0 Å². The third kappa shape index (κ3) is 4.67. The molecule has 0 spiro atoms. The first kappa shape index (κ1) is 21.0. The minimum atomic E-state index is -0.467. The molecule has 0 radical (unpaired) electrons. The van der Waals surface area contributed by atoms with Crippen LogP contribution in [-0.2, 0) is 30.1 Å². The van der Waals surface area contributed by atoms with Gasteiger partial charge in [0.2, 0.25) is 11.8 Å². The predicted molar refractivity (Wildman–Crippen MR) is 119 cm³/mol. The number of amides is 1. The van der Waals surface area contributed by atoms with E-state index < -0.39 is 5.82 Å². The minimum absolute atomic E-state index is 0.0507. The summed E-state index contributed by atoms with van der Waals surface area (Å²) in [5.74, 6) is 0.106. The number of hydrogen-bond acceptors (Lipinski definition) is 6. The van der Waals surface area contributed by atoms with Crippen molar-refractivity contribution in [3.8, 4) is 11.1 Å². The van der Waals surface area contributed by atoms with Crippen molar-refractivity contribution in [3.63, 3.8) is 0 Å². The Bertz CT molecular complexity index is 1310. The molecule has 3 aromatic heterocycles. The number of nitrogens with one attached hydrogen (secondary N) is 1. The fourth-order valence-corrected chi connectivity index (χ4v) is 3.63. The molecule has 0 aliphatic heterocycles. The molecule has 0 saturated heterocycles. The van der Waals surface area contributed by atoms with Gasteiger partial charge < -0.3 is 4.52 Å². The maximum Gasteiger partial charge on any atom is 0.231 e. The minimum Gasteiger partial charge on any atom is -0.338 e. The van der Waals surface area contributed by atoms with Crippen molar-refractivity contribution in [1.29, 1.82) is 0 Å². The van der Waals surface area contributed by atoms with Gasteiger partial charge in [-0.1, -0.05) is 24.2 Å². The summed E-state index contributed by atoms with van der Waals surface area (Å²) in [6.07, 6.45) is 9.60. The van der Waals surface area contributed by atoms with Gasteiger partial charge in [-0.2, -0.15) is 5.10 Å². The molecule has 9 heteroatoms. The van der Waals surface area contributed by atoms with Crippen LogP contribution in [0.25, 0.3) is 11.1 Å². The summed E-state index contributed by atoms with van der Waals surface area (Å²) in [7, 11) is 1.86. The van der Waals surface area contributed by atoms with Crippen molar-refractivity contribution >= 4 is 11.8 Å². The Labute approximate surface area is 189 Å². The van der Waals surface area contributed by atoms with E-state index in [1.807, 2.05) is 13.2 Å². The van der Waals surface area contributed by atoms with Gasteiger partial charge in [-0.3, -0.25) is 14.8 Å². The van der Waals surface area contributed by atoms with Crippen molar-refractivity contribution in [2.75, 3.05) is 5.32 Å². The molecular formula is C24H23FN6O2. The first-order valence-corrected chi connectivity index (χ1v) is 10.7. The normalized spacial score (nSPS) is 14.3. The molecule has 3 heterocycles. The van der Waals surface area contributed by atoms with E-state index in [9.17, 15) is 9.18 Å². The topological polar surface area (TPSA) is 98.7 Å². The predicted octanol–water partition coefficient (Wildman–Crippen LogP) is 3.83. The number of rotatable bonds is 7. The van der Waals surface area contributed by atoms with Gasteiger partial charge in [-0.15, -0.1) is 0 Å². The largest absolute Gasteiger partial charge is 0.338 e.